The summed E-state index contributed by atoms with van der Waals surface area (Å²) in [6.07, 6.45) is 3.32. The van der Waals surface area contributed by atoms with Crippen molar-refractivity contribution in [1.82, 2.24) is 14.9 Å². The van der Waals surface area contributed by atoms with Gasteiger partial charge in [0.15, 0.2) is 5.16 Å². The number of para-hydroxylation sites is 1. The number of fused-ring (bicyclic) bond motifs is 1. The van der Waals surface area contributed by atoms with E-state index in [4.69, 9.17) is 0 Å². The molecule has 0 aliphatic rings. The minimum Gasteiger partial charge on any atom is -0.358 e. The highest BCUT2D eigenvalue weighted by Gasteiger charge is 2.14. The van der Waals surface area contributed by atoms with Gasteiger partial charge in [0.1, 0.15) is 0 Å². The van der Waals surface area contributed by atoms with E-state index in [9.17, 15) is 9.59 Å². The number of amides is 1. The van der Waals surface area contributed by atoms with Gasteiger partial charge >= 0.3 is 0 Å². The predicted octanol–water partition coefficient (Wildman–Crippen LogP) is 3.57. The summed E-state index contributed by atoms with van der Waals surface area (Å²) in [6.45, 7) is 2.17. The Morgan fingerprint density at radius 2 is 1.89 bits per heavy atom. The maximum atomic E-state index is 13.1. The molecule has 0 radical (unpaired) electrons. The molecule has 2 aromatic carbocycles. The Kier molecular flexibility index (Phi) is 6.29. The van der Waals surface area contributed by atoms with Crippen LogP contribution in [0.25, 0.3) is 16.6 Å². The van der Waals surface area contributed by atoms with E-state index in [2.05, 4.69) is 29.4 Å². The number of nitrogens with one attached hydrogen (secondary N) is 1. The van der Waals surface area contributed by atoms with Crippen LogP contribution in [0.5, 0.6) is 0 Å². The summed E-state index contributed by atoms with van der Waals surface area (Å²) < 4.78 is 1.60. The van der Waals surface area contributed by atoms with Crippen molar-refractivity contribution in [2.45, 2.75) is 31.3 Å². The van der Waals surface area contributed by atoms with Crippen LogP contribution in [0.1, 0.15) is 25.3 Å². The van der Waals surface area contributed by atoms with Crippen LogP contribution >= 0.6 is 11.8 Å². The first kappa shape index (κ1) is 19.2. The van der Waals surface area contributed by atoms with E-state index >= 15 is 0 Å². The number of aryl methyl sites for hydroxylation is 1. The molecule has 27 heavy (non-hydrogen) atoms. The van der Waals surface area contributed by atoms with Gasteiger partial charge in [-0.15, -0.1) is 0 Å². The van der Waals surface area contributed by atoms with Crippen LogP contribution in [-0.2, 0) is 11.2 Å². The van der Waals surface area contributed by atoms with Crippen molar-refractivity contribution >= 4 is 28.6 Å². The molecule has 0 aliphatic heterocycles. The van der Waals surface area contributed by atoms with Crippen molar-refractivity contribution in [3.63, 3.8) is 0 Å². The Morgan fingerprint density at radius 1 is 1.15 bits per heavy atom. The minimum absolute atomic E-state index is 0.108. The summed E-state index contributed by atoms with van der Waals surface area (Å²) >= 11 is 1.26. The molecular weight excluding hydrogens is 358 g/mol. The molecule has 0 bridgehead atoms. The SMILES string of the molecule is CCCCc1ccc(-n2c(SCC(=O)NC)nc3ccccc3c2=O)cc1. The van der Waals surface area contributed by atoms with Gasteiger partial charge < -0.3 is 5.32 Å². The molecule has 0 fully saturated rings. The lowest BCUT2D eigenvalue weighted by Gasteiger charge is -2.13. The third-order valence-corrected chi connectivity index (χ3v) is 5.31. The summed E-state index contributed by atoms with van der Waals surface area (Å²) in [4.78, 5) is 29.4. The lowest BCUT2D eigenvalue weighted by atomic mass is 10.1. The molecule has 0 spiro atoms. The fourth-order valence-corrected chi connectivity index (χ4v) is 3.72. The number of thioether (sulfide) groups is 1. The van der Waals surface area contributed by atoms with Crippen LogP contribution < -0.4 is 10.9 Å². The lowest BCUT2D eigenvalue weighted by Crippen LogP contribution is -2.24. The predicted molar refractivity (Wildman–Crippen MR) is 111 cm³/mol. The van der Waals surface area contributed by atoms with E-state index < -0.39 is 0 Å². The summed E-state index contributed by atoms with van der Waals surface area (Å²) in [5.74, 6) is 0.0967. The Bertz CT molecular complexity index is 996. The van der Waals surface area contributed by atoms with Crippen molar-refractivity contribution < 1.29 is 4.79 Å². The number of hydrogen-bond acceptors (Lipinski definition) is 4. The molecule has 1 amide bonds. The highest BCUT2D eigenvalue weighted by molar-refractivity contribution is 7.99. The largest absolute Gasteiger partial charge is 0.358 e. The Labute approximate surface area is 162 Å². The molecule has 1 N–H and O–H groups in total. The van der Waals surface area contributed by atoms with Crippen molar-refractivity contribution in [3.8, 4) is 5.69 Å². The van der Waals surface area contributed by atoms with Crippen LogP contribution in [0, 0.1) is 0 Å². The first-order valence-electron chi connectivity index (χ1n) is 9.08. The van der Waals surface area contributed by atoms with E-state index in [1.54, 1.807) is 17.7 Å². The van der Waals surface area contributed by atoms with Crippen molar-refractivity contribution in [2.75, 3.05) is 12.8 Å². The van der Waals surface area contributed by atoms with E-state index in [0.29, 0.717) is 16.1 Å². The Balaban J connectivity index is 2.07. The van der Waals surface area contributed by atoms with Gasteiger partial charge in [-0.2, -0.15) is 0 Å². The summed E-state index contributed by atoms with van der Waals surface area (Å²) in [5.41, 5.74) is 2.53. The average molecular weight is 382 g/mol. The number of benzene rings is 2. The molecule has 0 aliphatic carbocycles. The first-order chi connectivity index (χ1) is 13.1. The van der Waals surface area contributed by atoms with E-state index in [1.165, 1.54) is 17.3 Å². The fraction of sp³-hybridized carbons (Fsp3) is 0.286. The zero-order valence-electron chi connectivity index (χ0n) is 15.6. The van der Waals surface area contributed by atoms with Gasteiger partial charge in [-0.3, -0.25) is 14.2 Å². The van der Waals surface area contributed by atoms with Crippen molar-refractivity contribution in [1.29, 1.82) is 0 Å². The third kappa shape index (κ3) is 4.39. The fourth-order valence-electron chi connectivity index (χ4n) is 2.83. The summed E-state index contributed by atoms with van der Waals surface area (Å²) in [7, 11) is 1.60. The van der Waals surface area contributed by atoms with Crippen LogP contribution in [0.15, 0.2) is 58.5 Å². The molecule has 0 atom stereocenters. The maximum Gasteiger partial charge on any atom is 0.266 e. The molecule has 1 heterocycles. The monoisotopic (exact) mass is 381 g/mol. The molecule has 0 saturated carbocycles. The molecule has 6 heteroatoms. The maximum absolute atomic E-state index is 13.1. The van der Waals surface area contributed by atoms with Gasteiger partial charge in [0, 0.05) is 7.05 Å². The lowest BCUT2D eigenvalue weighted by molar-refractivity contribution is -0.118. The second-order valence-electron chi connectivity index (χ2n) is 6.28. The third-order valence-electron chi connectivity index (χ3n) is 4.37. The Hall–Kier alpha value is -2.60. The number of carbonyl (C=O) groups is 1. The number of hydrogen-bond donors (Lipinski definition) is 1. The molecule has 140 valence electrons. The molecule has 3 aromatic rings. The smallest absolute Gasteiger partial charge is 0.266 e. The number of rotatable bonds is 7. The normalized spacial score (nSPS) is 10.9. The number of carbonyl (C=O) groups excluding carboxylic acids is 1. The van der Waals surface area contributed by atoms with Gasteiger partial charge in [-0.1, -0.05) is 49.4 Å². The van der Waals surface area contributed by atoms with Gasteiger partial charge in [-0.05, 0) is 42.7 Å². The standard InChI is InChI=1S/C21H23N3O2S/c1-3-4-7-15-10-12-16(13-11-15)24-20(26)17-8-5-6-9-18(17)23-21(24)27-14-19(25)22-2/h5-6,8-13H,3-4,7,14H2,1-2H3,(H,22,25). The van der Waals surface area contributed by atoms with Crippen LogP contribution in [0.4, 0.5) is 0 Å². The molecule has 1 aromatic heterocycles. The first-order valence-corrected chi connectivity index (χ1v) is 10.1. The van der Waals surface area contributed by atoms with Gasteiger partial charge in [0.05, 0.1) is 22.3 Å². The quantitative estimate of drug-likeness (QED) is 0.502. The molecule has 5 nitrogen and oxygen atoms in total. The zero-order chi connectivity index (χ0) is 19.2. The minimum atomic E-state index is -0.124. The topological polar surface area (TPSA) is 64.0 Å². The van der Waals surface area contributed by atoms with Crippen molar-refractivity contribution in [2.24, 2.45) is 0 Å². The van der Waals surface area contributed by atoms with Crippen LogP contribution in [0.3, 0.4) is 0 Å². The van der Waals surface area contributed by atoms with E-state index in [0.717, 1.165) is 24.9 Å². The molecule has 3 rings (SSSR count). The van der Waals surface area contributed by atoms with Crippen molar-refractivity contribution in [3.05, 3.63) is 64.4 Å². The van der Waals surface area contributed by atoms with E-state index in [1.807, 2.05) is 30.3 Å². The molecule has 0 saturated heterocycles. The highest BCUT2D eigenvalue weighted by Crippen LogP contribution is 2.21. The van der Waals surface area contributed by atoms with Crippen LogP contribution in [-0.4, -0.2) is 28.3 Å². The zero-order valence-corrected chi connectivity index (χ0v) is 16.4. The van der Waals surface area contributed by atoms with E-state index in [-0.39, 0.29) is 17.2 Å². The molecular formula is C21H23N3O2S. The average Bonchev–Trinajstić information content (AvgIpc) is 2.71. The number of nitrogens with zero attached hydrogens (tertiary/aromatic N) is 2. The number of unbranched alkanes of at least 4 members (excludes halogenated alkanes) is 1. The van der Waals surface area contributed by atoms with Crippen LogP contribution in [0.2, 0.25) is 0 Å². The summed E-state index contributed by atoms with van der Waals surface area (Å²) in [6, 6.07) is 15.3. The Morgan fingerprint density at radius 3 is 2.59 bits per heavy atom. The van der Waals surface area contributed by atoms with Gasteiger partial charge in [-0.25, -0.2) is 4.98 Å². The second kappa shape index (κ2) is 8.86. The van der Waals surface area contributed by atoms with Gasteiger partial charge in [0.25, 0.3) is 5.56 Å². The summed E-state index contributed by atoms with van der Waals surface area (Å²) in [5, 5.41) is 3.68. The molecule has 0 unspecified atom stereocenters. The second-order valence-corrected chi connectivity index (χ2v) is 7.23. The highest BCUT2D eigenvalue weighted by atomic mass is 32.2. The van der Waals surface area contributed by atoms with Gasteiger partial charge in [0.2, 0.25) is 5.91 Å². The number of aromatic nitrogens is 2.